The van der Waals surface area contributed by atoms with Gasteiger partial charge in [0.1, 0.15) is 12.5 Å². The SMILES string of the molecule is N#C[C@@H](C(=O)COCc1ccccc1Cl)c1ccccn1. The molecule has 106 valence electrons. The van der Waals surface area contributed by atoms with Gasteiger partial charge in [0.05, 0.1) is 18.4 Å². The molecule has 1 aromatic carbocycles. The van der Waals surface area contributed by atoms with E-state index in [0.29, 0.717) is 10.7 Å². The van der Waals surface area contributed by atoms with E-state index >= 15 is 0 Å². The van der Waals surface area contributed by atoms with Crippen molar-refractivity contribution in [2.24, 2.45) is 0 Å². The van der Waals surface area contributed by atoms with Gasteiger partial charge in [0, 0.05) is 11.2 Å². The molecule has 0 saturated carbocycles. The molecule has 1 aromatic heterocycles. The third-order valence-corrected chi connectivity index (χ3v) is 3.26. The van der Waals surface area contributed by atoms with Crippen LogP contribution in [0.3, 0.4) is 0 Å². The molecule has 0 bridgehead atoms. The number of benzene rings is 1. The molecule has 0 amide bonds. The first-order chi connectivity index (χ1) is 10.2. The van der Waals surface area contributed by atoms with Crippen molar-refractivity contribution in [1.82, 2.24) is 4.98 Å². The number of nitrogens with zero attached hydrogens (tertiary/aromatic N) is 2. The Hall–Kier alpha value is -2.22. The minimum absolute atomic E-state index is 0.153. The van der Waals surface area contributed by atoms with Crippen molar-refractivity contribution in [3.8, 4) is 6.07 Å². The van der Waals surface area contributed by atoms with Gasteiger partial charge in [-0.2, -0.15) is 5.26 Å². The van der Waals surface area contributed by atoms with E-state index in [1.54, 1.807) is 30.5 Å². The normalized spacial score (nSPS) is 11.6. The highest BCUT2D eigenvalue weighted by Crippen LogP contribution is 2.17. The maximum atomic E-state index is 12.0. The van der Waals surface area contributed by atoms with Gasteiger partial charge in [0.15, 0.2) is 5.78 Å². The summed E-state index contributed by atoms with van der Waals surface area (Å²) >= 11 is 6.00. The summed E-state index contributed by atoms with van der Waals surface area (Å²) in [5.41, 5.74) is 1.24. The van der Waals surface area contributed by atoms with Crippen LogP contribution >= 0.6 is 11.6 Å². The number of halogens is 1. The van der Waals surface area contributed by atoms with E-state index in [2.05, 4.69) is 4.98 Å². The van der Waals surface area contributed by atoms with Crippen LogP contribution in [0.4, 0.5) is 0 Å². The monoisotopic (exact) mass is 300 g/mol. The highest BCUT2D eigenvalue weighted by molar-refractivity contribution is 6.31. The first-order valence-electron chi connectivity index (χ1n) is 6.37. The van der Waals surface area contributed by atoms with E-state index in [4.69, 9.17) is 21.6 Å². The van der Waals surface area contributed by atoms with Crippen molar-refractivity contribution in [2.75, 3.05) is 6.61 Å². The van der Waals surface area contributed by atoms with Crippen LogP contribution in [-0.4, -0.2) is 17.4 Å². The van der Waals surface area contributed by atoms with Gasteiger partial charge < -0.3 is 4.74 Å². The van der Waals surface area contributed by atoms with E-state index in [1.165, 1.54) is 0 Å². The van der Waals surface area contributed by atoms with Gasteiger partial charge in [-0.05, 0) is 23.8 Å². The van der Waals surface area contributed by atoms with Crippen LogP contribution in [0.25, 0.3) is 0 Å². The molecule has 1 atom stereocenters. The summed E-state index contributed by atoms with van der Waals surface area (Å²) in [7, 11) is 0. The molecule has 2 rings (SSSR count). The molecule has 0 aliphatic rings. The second-order valence-electron chi connectivity index (χ2n) is 4.37. The molecule has 0 fully saturated rings. The van der Waals surface area contributed by atoms with Crippen LogP contribution in [-0.2, 0) is 16.1 Å². The Morgan fingerprint density at radius 2 is 2.05 bits per heavy atom. The molecule has 0 spiro atoms. The molecule has 0 saturated heterocycles. The number of ketones is 1. The Balaban J connectivity index is 1.93. The molecule has 0 N–H and O–H groups in total. The quantitative estimate of drug-likeness (QED) is 0.822. The molecule has 0 radical (unpaired) electrons. The minimum atomic E-state index is -0.905. The summed E-state index contributed by atoms with van der Waals surface area (Å²) in [4.78, 5) is 16.1. The van der Waals surface area contributed by atoms with Crippen molar-refractivity contribution in [3.63, 3.8) is 0 Å². The van der Waals surface area contributed by atoms with Crippen LogP contribution in [0.15, 0.2) is 48.7 Å². The first kappa shape index (κ1) is 15.2. The summed E-state index contributed by atoms with van der Waals surface area (Å²) in [5, 5.41) is 9.71. The van der Waals surface area contributed by atoms with Gasteiger partial charge in [-0.25, -0.2) is 0 Å². The molecule has 21 heavy (non-hydrogen) atoms. The zero-order chi connectivity index (χ0) is 15.1. The Bertz CT molecular complexity index is 653. The van der Waals surface area contributed by atoms with Crippen molar-refractivity contribution in [2.45, 2.75) is 12.5 Å². The fourth-order valence-corrected chi connectivity index (χ4v) is 2.00. The highest BCUT2D eigenvalue weighted by atomic mass is 35.5. The van der Waals surface area contributed by atoms with Crippen LogP contribution in [0.2, 0.25) is 5.02 Å². The summed E-state index contributed by atoms with van der Waals surface area (Å²) < 4.78 is 5.35. The van der Waals surface area contributed by atoms with Crippen molar-refractivity contribution < 1.29 is 9.53 Å². The molecule has 0 unspecified atom stereocenters. The minimum Gasteiger partial charge on any atom is -0.369 e. The lowest BCUT2D eigenvalue weighted by Gasteiger charge is -2.09. The fourth-order valence-electron chi connectivity index (χ4n) is 1.81. The van der Waals surface area contributed by atoms with Gasteiger partial charge in [0.25, 0.3) is 0 Å². The van der Waals surface area contributed by atoms with E-state index in [9.17, 15) is 4.79 Å². The second kappa shape index (κ2) is 7.53. The van der Waals surface area contributed by atoms with E-state index in [-0.39, 0.29) is 19.0 Å². The zero-order valence-electron chi connectivity index (χ0n) is 11.2. The van der Waals surface area contributed by atoms with Crippen molar-refractivity contribution in [3.05, 3.63) is 64.9 Å². The van der Waals surface area contributed by atoms with Gasteiger partial charge >= 0.3 is 0 Å². The van der Waals surface area contributed by atoms with Gasteiger partial charge in [-0.3, -0.25) is 9.78 Å². The van der Waals surface area contributed by atoms with Gasteiger partial charge in [0.2, 0.25) is 0 Å². The number of hydrogen-bond acceptors (Lipinski definition) is 4. The summed E-state index contributed by atoms with van der Waals surface area (Å²) in [6.07, 6.45) is 1.55. The van der Waals surface area contributed by atoms with Gasteiger partial charge in [-0.1, -0.05) is 35.9 Å². The van der Waals surface area contributed by atoms with Crippen LogP contribution in [0.1, 0.15) is 17.2 Å². The van der Waals surface area contributed by atoms with E-state index < -0.39 is 5.92 Å². The van der Waals surface area contributed by atoms with Gasteiger partial charge in [-0.15, -0.1) is 0 Å². The molecular formula is C16H13ClN2O2. The van der Waals surface area contributed by atoms with E-state index in [0.717, 1.165) is 5.56 Å². The predicted molar refractivity (Wildman–Crippen MR) is 78.7 cm³/mol. The average Bonchev–Trinajstić information content (AvgIpc) is 2.51. The molecule has 2 aromatic rings. The van der Waals surface area contributed by atoms with Crippen LogP contribution in [0, 0.1) is 11.3 Å². The first-order valence-corrected chi connectivity index (χ1v) is 6.74. The third-order valence-electron chi connectivity index (χ3n) is 2.89. The second-order valence-corrected chi connectivity index (χ2v) is 4.77. The number of aromatic nitrogens is 1. The lowest BCUT2D eigenvalue weighted by atomic mass is 10.0. The Kier molecular flexibility index (Phi) is 5.44. The number of pyridine rings is 1. The Labute approximate surface area is 128 Å². The van der Waals surface area contributed by atoms with E-state index in [1.807, 2.05) is 24.3 Å². The number of hydrogen-bond donors (Lipinski definition) is 0. The van der Waals surface area contributed by atoms with Crippen molar-refractivity contribution in [1.29, 1.82) is 5.26 Å². The fraction of sp³-hybridized carbons (Fsp3) is 0.188. The standard InChI is InChI=1S/C16H13ClN2O2/c17-14-6-2-1-5-12(14)10-21-11-16(20)13(9-18)15-7-3-4-8-19-15/h1-8,13H,10-11H2/t13-/m1/s1. The number of rotatable bonds is 6. The average molecular weight is 301 g/mol. The molecule has 1 heterocycles. The smallest absolute Gasteiger partial charge is 0.181 e. The number of nitriles is 1. The maximum Gasteiger partial charge on any atom is 0.181 e. The number of carbonyl (C=O) groups is 1. The summed E-state index contributed by atoms with van der Waals surface area (Å²) in [5.74, 6) is -1.22. The Morgan fingerprint density at radius 1 is 1.29 bits per heavy atom. The molecule has 5 heteroatoms. The molecule has 4 nitrogen and oxygen atoms in total. The highest BCUT2D eigenvalue weighted by Gasteiger charge is 2.21. The summed E-state index contributed by atoms with van der Waals surface area (Å²) in [6, 6.07) is 14.3. The molecular weight excluding hydrogens is 288 g/mol. The van der Waals surface area contributed by atoms with Crippen LogP contribution < -0.4 is 0 Å². The molecule has 0 aliphatic heterocycles. The molecule has 0 aliphatic carbocycles. The predicted octanol–water partition coefficient (Wildman–Crippen LogP) is 3.13. The number of carbonyl (C=O) groups excluding carboxylic acids is 1. The lowest BCUT2D eigenvalue weighted by Crippen LogP contribution is -2.18. The Morgan fingerprint density at radius 3 is 2.71 bits per heavy atom. The zero-order valence-corrected chi connectivity index (χ0v) is 12.0. The summed E-state index contributed by atoms with van der Waals surface area (Å²) in [6.45, 7) is 0.0752. The van der Waals surface area contributed by atoms with Crippen molar-refractivity contribution >= 4 is 17.4 Å². The largest absolute Gasteiger partial charge is 0.369 e. The lowest BCUT2D eigenvalue weighted by molar-refractivity contribution is -0.124. The number of ether oxygens (including phenoxy) is 1. The van der Waals surface area contributed by atoms with Crippen LogP contribution in [0.5, 0.6) is 0 Å². The topological polar surface area (TPSA) is 63.0 Å². The third kappa shape index (κ3) is 4.12. The maximum absolute atomic E-state index is 12.0. The number of Topliss-reactive ketones (excluding diaryl/α,β-unsaturated/α-hetero) is 1.